The molecule has 1 nitrogen and oxygen atoms in total. The van der Waals surface area contributed by atoms with Gasteiger partial charge in [-0.2, -0.15) is 13.2 Å². The average Bonchev–Trinajstić information content (AvgIpc) is 2.66. The Bertz CT molecular complexity index is 922. The summed E-state index contributed by atoms with van der Waals surface area (Å²) in [6.45, 7) is 0. The van der Waals surface area contributed by atoms with Gasteiger partial charge in [-0.3, -0.25) is 4.98 Å². The average molecular weight is 351 g/mol. The summed E-state index contributed by atoms with van der Waals surface area (Å²) in [7, 11) is 0. The van der Waals surface area contributed by atoms with E-state index < -0.39 is 11.7 Å². The molecule has 0 aliphatic rings. The number of aromatic nitrogens is 1. The summed E-state index contributed by atoms with van der Waals surface area (Å²) in [5.41, 5.74) is 5.35. The largest absolute Gasteiger partial charge is 0.416 e. The third-order valence-corrected chi connectivity index (χ3v) is 3.84. The molecule has 1 aromatic heterocycles. The third-order valence-electron chi connectivity index (χ3n) is 3.84. The molecular formula is C22H16F3N. The Hall–Kier alpha value is -3.10. The second kappa shape index (κ2) is 7.85. The molecule has 0 saturated heterocycles. The van der Waals surface area contributed by atoms with Crippen molar-refractivity contribution in [2.24, 2.45) is 0 Å². The number of rotatable bonds is 4. The number of hydrogen-bond acceptors (Lipinski definition) is 1. The summed E-state index contributed by atoms with van der Waals surface area (Å²) in [5, 5.41) is 0. The maximum Gasteiger partial charge on any atom is 0.416 e. The normalized spacial score (nSPS) is 10.9. The molecule has 0 N–H and O–H groups in total. The van der Waals surface area contributed by atoms with Crippen molar-refractivity contribution in [1.82, 2.24) is 4.98 Å². The van der Waals surface area contributed by atoms with Crippen LogP contribution in [0, 0.1) is 0 Å². The lowest BCUT2D eigenvalue weighted by Crippen LogP contribution is -2.05. The van der Waals surface area contributed by atoms with Gasteiger partial charge in [-0.05, 0) is 35.4 Å². The molecule has 0 amide bonds. The van der Waals surface area contributed by atoms with Crippen LogP contribution in [0.15, 0.2) is 84.7 Å². The molecule has 0 bridgehead atoms. The Morgan fingerprint density at radius 2 is 1.69 bits per heavy atom. The van der Waals surface area contributed by atoms with Crippen LogP contribution in [0.2, 0.25) is 0 Å². The van der Waals surface area contributed by atoms with Crippen LogP contribution in [0.4, 0.5) is 13.2 Å². The molecule has 130 valence electrons. The van der Waals surface area contributed by atoms with Crippen LogP contribution in [0.25, 0.3) is 11.6 Å². The van der Waals surface area contributed by atoms with E-state index >= 15 is 0 Å². The predicted octanol–water partition coefficient (Wildman–Crippen LogP) is 6.04. The number of alkyl halides is 3. The summed E-state index contributed by atoms with van der Waals surface area (Å²) in [4.78, 5) is 4.20. The monoisotopic (exact) mass is 351 g/mol. The van der Waals surface area contributed by atoms with Gasteiger partial charge in [0.1, 0.15) is 0 Å². The van der Waals surface area contributed by atoms with E-state index in [2.05, 4.69) is 10.7 Å². The molecule has 26 heavy (non-hydrogen) atoms. The van der Waals surface area contributed by atoms with Crippen LogP contribution in [0.1, 0.15) is 22.4 Å². The minimum Gasteiger partial charge on any atom is -0.256 e. The van der Waals surface area contributed by atoms with Gasteiger partial charge in [0, 0.05) is 24.3 Å². The lowest BCUT2D eigenvalue weighted by atomic mass is 9.97. The number of benzene rings is 2. The van der Waals surface area contributed by atoms with E-state index in [1.165, 1.54) is 6.07 Å². The minimum absolute atomic E-state index is 0.478. The first-order valence-electron chi connectivity index (χ1n) is 8.10. The first kappa shape index (κ1) is 17.7. The van der Waals surface area contributed by atoms with Crippen molar-refractivity contribution >= 4 is 11.6 Å². The number of pyridine rings is 1. The van der Waals surface area contributed by atoms with Crippen molar-refractivity contribution in [2.75, 3.05) is 0 Å². The Labute approximate surface area is 150 Å². The van der Waals surface area contributed by atoms with Crippen LogP contribution in [0.5, 0.6) is 0 Å². The smallest absolute Gasteiger partial charge is 0.256 e. The zero-order valence-electron chi connectivity index (χ0n) is 13.9. The Morgan fingerprint density at radius 1 is 0.923 bits per heavy atom. The van der Waals surface area contributed by atoms with Crippen LogP contribution < -0.4 is 0 Å². The summed E-state index contributed by atoms with van der Waals surface area (Å²) >= 11 is 0. The molecule has 0 unspecified atom stereocenters. The van der Waals surface area contributed by atoms with Crippen molar-refractivity contribution in [3.63, 3.8) is 0 Å². The van der Waals surface area contributed by atoms with Crippen molar-refractivity contribution < 1.29 is 13.2 Å². The number of hydrogen-bond donors (Lipinski definition) is 0. The highest BCUT2D eigenvalue weighted by atomic mass is 19.4. The Balaban J connectivity index is 2.05. The number of allylic oxidation sites excluding steroid dienone is 1. The predicted molar refractivity (Wildman–Crippen MR) is 97.2 cm³/mol. The van der Waals surface area contributed by atoms with Gasteiger partial charge >= 0.3 is 6.18 Å². The molecule has 0 saturated carbocycles. The van der Waals surface area contributed by atoms with Crippen molar-refractivity contribution in [2.45, 2.75) is 12.6 Å². The van der Waals surface area contributed by atoms with E-state index in [9.17, 15) is 13.2 Å². The molecule has 0 aliphatic heterocycles. The SMILES string of the molecule is FC(F)(F)c1cccc(C(=C=Cc2ccccn2)Cc2ccccc2)c1. The van der Waals surface area contributed by atoms with E-state index in [0.29, 0.717) is 23.3 Å². The van der Waals surface area contributed by atoms with E-state index in [-0.39, 0.29) is 0 Å². The van der Waals surface area contributed by atoms with Crippen molar-refractivity contribution in [3.8, 4) is 0 Å². The van der Waals surface area contributed by atoms with E-state index in [0.717, 1.165) is 17.7 Å². The lowest BCUT2D eigenvalue weighted by molar-refractivity contribution is -0.137. The molecule has 0 spiro atoms. The molecule has 0 aliphatic carbocycles. The third kappa shape index (κ3) is 4.71. The highest BCUT2D eigenvalue weighted by Gasteiger charge is 2.30. The fourth-order valence-corrected chi connectivity index (χ4v) is 2.54. The maximum absolute atomic E-state index is 13.1. The van der Waals surface area contributed by atoms with Gasteiger partial charge < -0.3 is 0 Å². The van der Waals surface area contributed by atoms with Crippen molar-refractivity contribution in [1.29, 1.82) is 0 Å². The molecule has 3 aromatic rings. The molecule has 0 atom stereocenters. The quantitative estimate of drug-likeness (QED) is 0.522. The van der Waals surface area contributed by atoms with E-state index in [1.54, 1.807) is 24.4 Å². The minimum atomic E-state index is -4.38. The molecule has 0 fully saturated rings. The molecule has 4 heteroatoms. The number of nitrogens with zero attached hydrogens (tertiary/aromatic N) is 1. The first-order valence-corrected chi connectivity index (χ1v) is 8.10. The van der Waals surface area contributed by atoms with Gasteiger partial charge in [0.05, 0.1) is 11.3 Å². The fraction of sp³-hybridized carbons (Fsp3) is 0.0909. The lowest BCUT2D eigenvalue weighted by Gasteiger charge is -2.10. The summed E-state index contributed by atoms with van der Waals surface area (Å²) in [6, 6.07) is 20.4. The molecule has 3 rings (SSSR count). The van der Waals surface area contributed by atoms with Crippen LogP contribution in [0.3, 0.4) is 0 Å². The topological polar surface area (TPSA) is 12.9 Å². The Kier molecular flexibility index (Phi) is 5.35. The highest BCUT2D eigenvalue weighted by molar-refractivity contribution is 5.71. The second-order valence-electron chi connectivity index (χ2n) is 5.76. The summed E-state index contributed by atoms with van der Waals surface area (Å²) in [5.74, 6) is 0. The highest BCUT2D eigenvalue weighted by Crippen LogP contribution is 2.31. The van der Waals surface area contributed by atoms with E-state index in [1.807, 2.05) is 42.5 Å². The van der Waals surface area contributed by atoms with Gasteiger partial charge in [0.25, 0.3) is 0 Å². The number of halogens is 3. The maximum atomic E-state index is 13.1. The Morgan fingerprint density at radius 3 is 2.38 bits per heavy atom. The summed E-state index contributed by atoms with van der Waals surface area (Å²) < 4.78 is 39.2. The molecule has 0 radical (unpaired) electrons. The van der Waals surface area contributed by atoms with Gasteiger partial charge in [-0.25, -0.2) is 0 Å². The molecule has 1 heterocycles. The van der Waals surface area contributed by atoms with Gasteiger partial charge in [-0.1, -0.05) is 48.5 Å². The zero-order valence-corrected chi connectivity index (χ0v) is 13.9. The van der Waals surface area contributed by atoms with Crippen LogP contribution in [-0.4, -0.2) is 4.98 Å². The summed E-state index contributed by atoms with van der Waals surface area (Å²) in [6.07, 6.45) is -0.544. The first-order chi connectivity index (χ1) is 12.5. The molecular weight excluding hydrogens is 335 g/mol. The van der Waals surface area contributed by atoms with Gasteiger partial charge in [0.15, 0.2) is 0 Å². The fourth-order valence-electron chi connectivity index (χ4n) is 2.54. The van der Waals surface area contributed by atoms with Crippen molar-refractivity contribution in [3.05, 3.63) is 107 Å². The molecule has 2 aromatic carbocycles. The van der Waals surface area contributed by atoms with Gasteiger partial charge in [-0.15, -0.1) is 5.73 Å². The zero-order chi connectivity index (χ0) is 18.4. The van der Waals surface area contributed by atoms with E-state index in [4.69, 9.17) is 0 Å². The van der Waals surface area contributed by atoms with Crippen LogP contribution >= 0.6 is 0 Å². The van der Waals surface area contributed by atoms with Crippen LogP contribution in [-0.2, 0) is 12.6 Å². The van der Waals surface area contributed by atoms with Gasteiger partial charge in [0.2, 0.25) is 0 Å². The standard InChI is InChI=1S/C22H16F3N/c23-22(24,25)20-10-6-9-18(16-20)19(15-17-7-2-1-3-8-17)12-13-21-11-4-5-14-26-21/h1-11,13-14,16H,15H2. The second-order valence-corrected chi connectivity index (χ2v) is 5.76.